The Hall–Kier alpha value is -1.34. The van der Waals surface area contributed by atoms with E-state index in [1.807, 2.05) is 0 Å². The summed E-state index contributed by atoms with van der Waals surface area (Å²) >= 11 is 11.6. The van der Waals surface area contributed by atoms with E-state index in [1.54, 1.807) is 18.2 Å². The van der Waals surface area contributed by atoms with Gasteiger partial charge in [0.05, 0.1) is 15.7 Å². The van der Waals surface area contributed by atoms with Crippen LogP contribution < -0.4 is 5.32 Å². The number of benzene rings is 1. The Labute approximate surface area is 126 Å². The van der Waals surface area contributed by atoms with E-state index < -0.39 is 15.5 Å². The summed E-state index contributed by atoms with van der Waals surface area (Å²) in [6.07, 6.45) is 1.43. The summed E-state index contributed by atoms with van der Waals surface area (Å²) < 4.78 is 32.3. The van der Waals surface area contributed by atoms with Crippen molar-refractivity contribution >= 4 is 39.0 Å². The molecule has 106 valence electrons. The van der Waals surface area contributed by atoms with E-state index in [4.69, 9.17) is 23.2 Å². The second-order valence-electron chi connectivity index (χ2n) is 3.92. The van der Waals surface area contributed by atoms with Crippen LogP contribution in [0.4, 0.5) is 5.69 Å². The van der Waals surface area contributed by atoms with Crippen LogP contribution in [0.5, 0.6) is 0 Å². The lowest BCUT2D eigenvalue weighted by Gasteiger charge is -2.16. The summed E-state index contributed by atoms with van der Waals surface area (Å²) in [5.74, 6) is 0. The average Bonchev–Trinajstić information content (AvgIpc) is 2.39. The molecule has 2 rings (SSSR count). The molecule has 0 aliphatic rings. The quantitative estimate of drug-likeness (QED) is 0.839. The third kappa shape index (κ3) is 3.61. The average molecular weight is 333 g/mol. The van der Waals surface area contributed by atoms with E-state index in [2.05, 4.69) is 10.3 Å². The molecule has 0 bridgehead atoms. The largest absolute Gasteiger partial charge is 0.362 e. The highest BCUT2D eigenvalue weighted by atomic mass is 35.5. The van der Waals surface area contributed by atoms with Crippen molar-refractivity contribution in [1.29, 1.82) is 0 Å². The molecule has 0 aliphatic carbocycles. The van der Waals surface area contributed by atoms with E-state index in [-0.39, 0.29) is 10.7 Å². The fraction of sp³-hybridized carbons (Fsp3) is 0.0833. The van der Waals surface area contributed by atoms with Crippen LogP contribution in [0.25, 0.3) is 0 Å². The SMILES string of the molecule is O=S(=O)(O)C(Nc1ccc(Cl)c(Cl)c1)c1ccccn1. The lowest BCUT2D eigenvalue weighted by Crippen LogP contribution is -2.21. The molecule has 0 radical (unpaired) electrons. The predicted molar refractivity (Wildman–Crippen MR) is 78.6 cm³/mol. The molecule has 0 fully saturated rings. The Morgan fingerprint density at radius 3 is 2.45 bits per heavy atom. The minimum Gasteiger partial charge on any atom is -0.362 e. The maximum Gasteiger partial charge on any atom is 0.292 e. The second kappa shape index (κ2) is 5.97. The molecular formula is C12H10Cl2N2O3S. The van der Waals surface area contributed by atoms with E-state index in [1.165, 1.54) is 24.4 Å². The van der Waals surface area contributed by atoms with Crippen LogP contribution in [0.2, 0.25) is 10.0 Å². The minimum absolute atomic E-state index is 0.168. The zero-order valence-corrected chi connectivity index (χ0v) is 12.3. The fourth-order valence-corrected chi connectivity index (χ4v) is 2.60. The monoisotopic (exact) mass is 332 g/mol. The van der Waals surface area contributed by atoms with Crippen LogP contribution in [0.15, 0.2) is 42.6 Å². The first kappa shape index (κ1) is 15.1. The topological polar surface area (TPSA) is 79.3 Å². The molecule has 5 nitrogen and oxygen atoms in total. The van der Waals surface area contributed by atoms with Gasteiger partial charge in [-0.25, -0.2) is 0 Å². The van der Waals surface area contributed by atoms with E-state index in [9.17, 15) is 13.0 Å². The van der Waals surface area contributed by atoms with Crippen molar-refractivity contribution < 1.29 is 13.0 Å². The van der Waals surface area contributed by atoms with Crippen molar-refractivity contribution in [3.05, 3.63) is 58.3 Å². The van der Waals surface area contributed by atoms with Crippen LogP contribution in [0.3, 0.4) is 0 Å². The Balaban J connectivity index is 2.37. The van der Waals surface area contributed by atoms with Gasteiger partial charge in [0, 0.05) is 11.9 Å². The van der Waals surface area contributed by atoms with Gasteiger partial charge in [-0.15, -0.1) is 0 Å². The van der Waals surface area contributed by atoms with Gasteiger partial charge in [-0.1, -0.05) is 29.3 Å². The van der Waals surface area contributed by atoms with Gasteiger partial charge in [0.2, 0.25) is 0 Å². The summed E-state index contributed by atoms with van der Waals surface area (Å²) in [5.41, 5.74) is 0.564. The van der Waals surface area contributed by atoms with Gasteiger partial charge in [-0.05, 0) is 30.3 Å². The van der Waals surface area contributed by atoms with Crippen molar-refractivity contribution in [1.82, 2.24) is 4.98 Å². The molecular weight excluding hydrogens is 323 g/mol. The highest BCUT2D eigenvalue weighted by molar-refractivity contribution is 7.86. The number of hydrogen-bond acceptors (Lipinski definition) is 4. The Bertz CT molecular complexity index is 708. The number of aromatic nitrogens is 1. The smallest absolute Gasteiger partial charge is 0.292 e. The van der Waals surface area contributed by atoms with Crippen LogP contribution in [0.1, 0.15) is 11.1 Å². The summed E-state index contributed by atoms with van der Waals surface area (Å²) in [6.45, 7) is 0. The predicted octanol–water partition coefficient (Wildman–Crippen LogP) is 3.39. The van der Waals surface area contributed by atoms with Crippen molar-refractivity contribution in [3.63, 3.8) is 0 Å². The fourth-order valence-electron chi connectivity index (χ4n) is 1.57. The summed E-state index contributed by atoms with van der Waals surface area (Å²) in [6, 6.07) is 9.29. The normalized spacial score (nSPS) is 12.9. The van der Waals surface area contributed by atoms with Crippen molar-refractivity contribution in [3.8, 4) is 0 Å². The number of pyridine rings is 1. The zero-order chi connectivity index (χ0) is 14.8. The third-order valence-electron chi connectivity index (χ3n) is 2.47. The van der Waals surface area contributed by atoms with Crippen molar-refractivity contribution in [2.45, 2.75) is 5.37 Å². The maximum atomic E-state index is 11.5. The van der Waals surface area contributed by atoms with Crippen LogP contribution >= 0.6 is 23.2 Å². The van der Waals surface area contributed by atoms with E-state index >= 15 is 0 Å². The first-order valence-electron chi connectivity index (χ1n) is 5.47. The zero-order valence-electron chi connectivity index (χ0n) is 9.99. The van der Waals surface area contributed by atoms with Gasteiger partial charge in [0.1, 0.15) is 0 Å². The third-order valence-corrected chi connectivity index (χ3v) is 4.17. The first-order chi connectivity index (χ1) is 9.38. The molecule has 0 saturated carbocycles. The standard InChI is InChI=1S/C12H10Cl2N2O3S/c13-9-5-4-8(7-10(9)14)16-12(20(17,18)19)11-3-1-2-6-15-11/h1-7,12,16H,(H,17,18,19). The highest BCUT2D eigenvalue weighted by Gasteiger charge is 2.26. The van der Waals surface area contributed by atoms with Crippen LogP contribution in [-0.4, -0.2) is 18.0 Å². The Morgan fingerprint density at radius 1 is 1.15 bits per heavy atom. The lowest BCUT2D eigenvalue weighted by atomic mass is 10.3. The first-order valence-corrected chi connectivity index (χ1v) is 7.72. The molecule has 1 atom stereocenters. The molecule has 2 N–H and O–H groups in total. The number of nitrogens with one attached hydrogen (secondary N) is 1. The van der Waals surface area contributed by atoms with Gasteiger partial charge in [-0.2, -0.15) is 8.42 Å². The Morgan fingerprint density at radius 2 is 1.90 bits per heavy atom. The summed E-state index contributed by atoms with van der Waals surface area (Å²) in [7, 11) is -4.39. The number of nitrogens with zero attached hydrogens (tertiary/aromatic N) is 1. The number of anilines is 1. The number of halogens is 2. The molecule has 0 amide bonds. The van der Waals surface area contributed by atoms with Crippen LogP contribution in [-0.2, 0) is 10.1 Å². The highest BCUT2D eigenvalue weighted by Crippen LogP contribution is 2.28. The van der Waals surface area contributed by atoms with E-state index in [0.29, 0.717) is 10.7 Å². The number of rotatable bonds is 4. The van der Waals surface area contributed by atoms with Crippen molar-refractivity contribution in [2.24, 2.45) is 0 Å². The molecule has 1 heterocycles. The minimum atomic E-state index is -4.39. The van der Waals surface area contributed by atoms with Gasteiger partial charge in [0.25, 0.3) is 10.1 Å². The Kier molecular flexibility index (Phi) is 4.49. The van der Waals surface area contributed by atoms with Gasteiger partial charge in [0.15, 0.2) is 5.37 Å². The van der Waals surface area contributed by atoms with Gasteiger partial charge < -0.3 is 5.32 Å². The molecule has 1 aromatic carbocycles. The molecule has 8 heteroatoms. The molecule has 1 aromatic heterocycles. The summed E-state index contributed by atoms with van der Waals surface area (Å²) in [4.78, 5) is 3.92. The molecule has 0 spiro atoms. The van der Waals surface area contributed by atoms with E-state index in [0.717, 1.165) is 0 Å². The molecule has 20 heavy (non-hydrogen) atoms. The molecule has 2 aromatic rings. The second-order valence-corrected chi connectivity index (χ2v) is 6.24. The van der Waals surface area contributed by atoms with Gasteiger partial charge in [-0.3, -0.25) is 9.54 Å². The maximum absolute atomic E-state index is 11.5. The molecule has 0 saturated heterocycles. The van der Waals surface area contributed by atoms with Gasteiger partial charge >= 0.3 is 0 Å². The molecule has 0 aliphatic heterocycles. The number of hydrogen-bond donors (Lipinski definition) is 2. The van der Waals surface area contributed by atoms with Crippen LogP contribution in [0, 0.1) is 0 Å². The summed E-state index contributed by atoms with van der Waals surface area (Å²) in [5, 5.41) is 1.89. The lowest BCUT2D eigenvalue weighted by molar-refractivity contribution is 0.472. The van der Waals surface area contributed by atoms with Crippen molar-refractivity contribution in [2.75, 3.05) is 5.32 Å². The molecule has 1 unspecified atom stereocenters.